The van der Waals surface area contributed by atoms with Gasteiger partial charge in [0.15, 0.2) is 0 Å². The Bertz CT molecular complexity index is 458. The first-order chi connectivity index (χ1) is 9.38. The maximum atomic E-state index is 10.9. The Hall–Kier alpha value is -0.240. The first kappa shape index (κ1) is 16.1. The monoisotopic (exact) mass is 314 g/mol. The van der Waals surface area contributed by atoms with Gasteiger partial charge in [-0.1, -0.05) is 56.0 Å². The molecule has 1 aromatic rings. The summed E-state index contributed by atoms with van der Waals surface area (Å²) in [5, 5.41) is 12.0. The van der Waals surface area contributed by atoms with Crippen LogP contribution in [0.3, 0.4) is 0 Å². The van der Waals surface area contributed by atoms with Crippen molar-refractivity contribution in [1.82, 2.24) is 0 Å². The molecule has 3 heteroatoms. The summed E-state index contributed by atoms with van der Waals surface area (Å²) >= 11 is 12.0. The van der Waals surface area contributed by atoms with Crippen molar-refractivity contribution in [2.45, 2.75) is 58.0 Å². The Morgan fingerprint density at radius 1 is 1.30 bits per heavy atom. The number of rotatable bonds is 4. The molecule has 0 heterocycles. The fraction of sp³-hybridized carbons (Fsp3) is 0.647. The van der Waals surface area contributed by atoms with Crippen LogP contribution in [0.4, 0.5) is 0 Å². The van der Waals surface area contributed by atoms with E-state index >= 15 is 0 Å². The van der Waals surface area contributed by atoms with Crippen molar-refractivity contribution in [2.75, 3.05) is 0 Å². The number of hydrogen-bond acceptors (Lipinski definition) is 1. The van der Waals surface area contributed by atoms with E-state index in [1.54, 1.807) is 0 Å². The van der Waals surface area contributed by atoms with Crippen LogP contribution < -0.4 is 0 Å². The van der Waals surface area contributed by atoms with Gasteiger partial charge in [0.1, 0.15) is 0 Å². The molecule has 2 rings (SSSR count). The third-order valence-corrected chi connectivity index (χ3v) is 4.98. The van der Waals surface area contributed by atoms with Crippen LogP contribution in [-0.4, -0.2) is 10.7 Å². The zero-order valence-electron chi connectivity index (χ0n) is 12.3. The summed E-state index contributed by atoms with van der Waals surface area (Å²) in [5.74, 6) is 1.35. The van der Waals surface area contributed by atoms with Crippen molar-refractivity contribution in [3.05, 3.63) is 33.8 Å². The van der Waals surface area contributed by atoms with Crippen LogP contribution in [0.25, 0.3) is 0 Å². The molecule has 1 nitrogen and oxygen atoms in total. The van der Waals surface area contributed by atoms with Crippen LogP contribution in [-0.2, 0) is 6.42 Å². The van der Waals surface area contributed by atoms with E-state index in [4.69, 9.17) is 23.2 Å². The molecule has 1 N–H and O–H groups in total. The lowest BCUT2D eigenvalue weighted by Crippen LogP contribution is -2.37. The van der Waals surface area contributed by atoms with E-state index in [9.17, 15) is 5.11 Å². The number of benzene rings is 1. The normalized spacial score (nSPS) is 27.0. The molecule has 112 valence electrons. The molecule has 0 saturated heterocycles. The smallest absolute Gasteiger partial charge is 0.0690 e. The summed E-state index contributed by atoms with van der Waals surface area (Å²) in [6.45, 7) is 4.51. The molecule has 0 aliphatic heterocycles. The third kappa shape index (κ3) is 4.38. The van der Waals surface area contributed by atoms with Crippen LogP contribution in [0.15, 0.2) is 18.2 Å². The predicted octanol–water partition coefficient (Wildman–Crippen LogP) is 5.50. The van der Waals surface area contributed by atoms with Gasteiger partial charge in [-0.05, 0) is 48.8 Å². The SMILES string of the molecule is CC(C)CC1CCCC(O)(Cc2ccc(Cl)c(Cl)c2)C1. The van der Waals surface area contributed by atoms with Crippen LogP contribution in [0, 0.1) is 11.8 Å². The van der Waals surface area contributed by atoms with Gasteiger partial charge in [-0.25, -0.2) is 0 Å². The lowest BCUT2D eigenvalue weighted by atomic mass is 9.73. The Kier molecular flexibility index (Phi) is 5.39. The van der Waals surface area contributed by atoms with Gasteiger partial charge in [-0.2, -0.15) is 0 Å². The molecular formula is C17H24Cl2O. The molecular weight excluding hydrogens is 291 g/mol. The molecule has 1 aliphatic carbocycles. The van der Waals surface area contributed by atoms with Crippen LogP contribution in [0.5, 0.6) is 0 Å². The zero-order valence-corrected chi connectivity index (χ0v) is 13.8. The molecule has 1 fully saturated rings. The number of halogens is 2. The first-order valence-electron chi connectivity index (χ1n) is 7.54. The van der Waals surface area contributed by atoms with Crippen molar-refractivity contribution >= 4 is 23.2 Å². The highest BCUT2D eigenvalue weighted by molar-refractivity contribution is 6.42. The molecule has 1 saturated carbocycles. The van der Waals surface area contributed by atoms with Crippen molar-refractivity contribution in [3.63, 3.8) is 0 Å². The van der Waals surface area contributed by atoms with Crippen LogP contribution in [0.2, 0.25) is 10.0 Å². The van der Waals surface area contributed by atoms with E-state index in [0.29, 0.717) is 28.3 Å². The third-order valence-electron chi connectivity index (χ3n) is 4.25. The second-order valence-corrected chi connectivity index (χ2v) is 7.56. The molecule has 2 unspecified atom stereocenters. The van der Waals surface area contributed by atoms with Gasteiger partial charge in [-0.15, -0.1) is 0 Å². The van der Waals surface area contributed by atoms with Gasteiger partial charge in [-0.3, -0.25) is 0 Å². The van der Waals surface area contributed by atoms with Crippen molar-refractivity contribution in [2.24, 2.45) is 11.8 Å². The summed E-state index contributed by atoms with van der Waals surface area (Å²) in [6.07, 6.45) is 6.06. The van der Waals surface area contributed by atoms with Crippen molar-refractivity contribution < 1.29 is 5.11 Å². The van der Waals surface area contributed by atoms with Gasteiger partial charge in [0.2, 0.25) is 0 Å². The highest BCUT2D eigenvalue weighted by atomic mass is 35.5. The summed E-state index contributed by atoms with van der Waals surface area (Å²) in [6, 6.07) is 5.67. The van der Waals surface area contributed by atoms with Crippen molar-refractivity contribution in [1.29, 1.82) is 0 Å². The fourth-order valence-electron chi connectivity index (χ4n) is 3.52. The topological polar surface area (TPSA) is 20.2 Å². The summed E-state index contributed by atoms with van der Waals surface area (Å²) in [5.41, 5.74) is 0.502. The molecule has 0 spiro atoms. The first-order valence-corrected chi connectivity index (χ1v) is 8.30. The zero-order chi connectivity index (χ0) is 14.8. The summed E-state index contributed by atoms with van der Waals surface area (Å²) < 4.78 is 0. The number of hydrogen-bond donors (Lipinski definition) is 1. The Morgan fingerprint density at radius 3 is 2.70 bits per heavy atom. The van der Waals surface area contributed by atoms with Gasteiger partial charge >= 0.3 is 0 Å². The lowest BCUT2D eigenvalue weighted by Gasteiger charge is -2.37. The quantitative estimate of drug-likeness (QED) is 0.777. The summed E-state index contributed by atoms with van der Waals surface area (Å²) in [4.78, 5) is 0. The molecule has 0 bridgehead atoms. The van der Waals surface area contributed by atoms with E-state index < -0.39 is 5.60 Å². The molecule has 0 radical (unpaired) electrons. The molecule has 1 aliphatic rings. The Morgan fingerprint density at radius 2 is 2.05 bits per heavy atom. The van der Waals surface area contributed by atoms with Gasteiger partial charge < -0.3 is 5.11 Å². The average Bonchev–Trinajstić information content (AvgIpc) is 2.32. The largest absolute Gasteiger partial charge is 0.390 e. The minimum absolute atomic E-state index is 0.572. The molecule has 20 heavy (non-hydrogen) atoms. The van der Waals surface area contributed by atoms with E-state index in [0.717, 1.165) is 24.8 Å². The van der Waals surface area contributed by atoms with Gasteiger partial charge in [0, 0.05) is 6.42 Å². The van der Waals surface area contributed by atoms with Crippen LogP contribution >= 0.6 is 23.2 Å². The predicted molar refractivity (Wildman–Crippen MR) is 86.5 cm³/mol. The maximum Gasteiger partial charge on any atom is 0.0690 e. The second-order valence-electron chi connectivity index (χ2n) is 6.74. The maximum absolute atomic E-state index is 10.9. The standard InChI is InChI=1S/C17H24Cl2O/c1-12(2)8-13-4-3-7-17(20,10-13)11-14-5-6-15(18)16(19)9-14/h5-6,9,12-13,20H,3-4,7-8,10-11H2,1-2H3. The average molecular weight is 315 g/mol. The highest BCUT2D eigenvalue weighted by Crippen LogP contribution is 2.38. The van der Waals surface area contributed by atoms with E-state index in [2.05, 4.69) is 13.8 Å². The minimum Gasteiger partial charge on any atom is -0.390 e. The van der Waals surface area contributed by atoms with E-state index in [1.807, 2.05) is 18.2 Å². The minimum atomic E-state index is -0.574. The second kappa shape index (κ2) is 6.68. The van der Waals surface area contributed by atoms with E-state index in [-0.39, 0.29) is 0 Å². The van der Waals surface area contributed by atoms with Gasteiger partial charge in [0.05, 0.1) is 15.6 Å². The van der Waals surface area contributed by atoms with Crippen LogP contribution in [0.1, 0.15) is 51.5 Å². The summed E-state index contributed by atoms with van der Waals surface area (Å²) in [7, 11) is 0. The van der Waals surface area contributed by atoms with Crippen molar-refractivity contribution in [3.8, 4) is 0 Å². The fourth-order valence-corrected chi connectivity index (χ4v) is 3.84. The molecule has 2 atom stereocenters. The van der Waals surface area contributed by atoms with E-state index in [1.165, 1.54) is 12.8 Å². The molecule has 0 amide bonds. The van der Waals surface area contributed by atoms with Gasteiger partial charge in [0.25, 0.3) is 0 Å². The highest BCUT2D eigenvalue weighted by Gasteiger charge is 2.34. The Balaban J connectivity index is 2.04. The molecule has 1 aromatic carbocycles. The Labute approximate surface area is 132 Å². The molecule has 0 aromatic heterocycles. The lowest BCUT2D eigenvalue weighted by molar-refractivity contribution is -0.0189. The number of aliphatic hydroxyl groups is 1.